The van der Waals surface area contributed by atoms with Crippen molar-refractivity contribution >= 4 is 0 Å². The van der Waals surface area contributed by atoms with E-state index in [1.165, 1.54) is 25.9 Å². The second kappa shape index (κ2) is 2.27. The molecule has 0 aromatic rings. The average Bonchev–Trinajstić information content (AvgIpc) is 2.33. The highest BCUT2D eigenvalue weighted by atomic mass is 15.0. The van der Waals surface area contributed by atoms with Gasteiger partial charge < -0.3 is 10.6 Å². The summed E-state index contributed by atoms with van der Waals surface area (Å²) in [5, 5.41) is 6.79. The van der Waals surface area contributed by atoms with Crippen molar-refractivity contribution in [2.45, 2.75) is 18.9 Å². The summed E-state index contributed by atoms with van der Waals surface area (Å²) < 4.78 is 0. The molecule has 2 aliphatic rings. The van der Waals surface area contributed by atoms with E-state index in [2.05, 4.69) is 17.2 Å². The monoisotopic (exact) mass is 125 g/mol. The van der Waals surface area contributed by atoms with Crippen LogP contribution < -0.4 is 10.6 Å². The summed E-state index contributed by atoms with van der Waals surface area (Å²) in [6, 6.07) is 0.797. The van der Waals surface area contributed by atoms with Crippen LogP contribution in [0.2, 0.25) is 0 Å². The first-order valence-electron chi connectivity index (χ1n) is 3.75. The summed E-state index contributed by atoms with van der Waals surface area (Å²) >= 11 is 0. The molecule has 0 aromatic heterocycles. The summed E-state index contributed by atoms with van der Waals surface area (Å²) in [6.07, 6.45) is 2.57. The van der Waals surface area contributed by atoms with Gasteiger partial charge in [-0.1, -0.05) is 0 Å². The van der Waals surface area contributed by atoms with Crippen LogP contribution in [0.3, 0.4) is 0 Å². The maximum atomic E-state index is 3.40. The van der Waals surface area contributed by atoms with E-state index < -0.39 is 0 Å². The molecule has 0 spiro atoms. The fraction of sp³-hybridized carbons (Fsp3) is 0.857. The zero-order valence-corrected chi connectivity index (χ0v) is 5.56. The smallest absolute Gasteiger partial charge is 0.0227 e. The molecule has 2 rings (SSSR count). The Kier molecular flexibility index (Phi) is 1.44. The van der Waals surface area contributed by atoms with Crippen molar-refractivity contribution in [2.75, 3.05) is 13.1 Å². The van der Waals surface area contributed by atoms with Gasteiger partial charge in [0.25, 0.3) is 0 Å². The van der Waals surface area contributed by atoms with Crippen molar-refractivity contribution in [3.8, 4) is 0 Å². The first-order chi connectivity index (χ1) is 4.47. The predicted molar refractivity (Wildman–Crippen MR) is 36.8 cm³/mol. The Morgan fingerprint density at radius 3 is 3.33 bits per heavy atom. The van der Waals surface area contributed by atoms with Gasteiger partial charge in [0, 0.05) is 12.6 Å². The molecule has 0 aromatic carbocycles. The molecule has 1 radical (unpaired) electrons. The summed E-state index contributed by atoms with van der Waals surface area (Å²) in [5.41, 5.74) is 0. The van der Waals surface area contributed by atoms with Crippen LogP contribution in [0, 0.1) is 12.5 Å². The SMILES string of the molecule is [CH]1CC2CNCCC2N1. The molecule has 2 fully saturated rings. The number of hydrogen-bond acceptors (Lipinski definition) is 2. The Balaban J connectivity index is 1.97. The highest BCUT2D eigenvalue weighted by Crippen LogP contribution is 2.21. The molecule has 2 aliphatic heterocycles. The largest absolute Gasteiger partial charge is 0.316 e. The van der Waals surface area contributed by atoms with Crippen molar-refractivity contribution in [1.29, 1.82) is 0 Å². The first-order valence-corrected chi connectivity index (χ1v) is 3.75. The zero-order chi connectivity index (χ0) is 6.10. The lowest BCUT2D eigenvalue weighted by Gasteiger charge is -2.25. The Hall–Kier alpha value is -0.0800. The highest BCUT2D eigenvalue weighted by molar-refractivity contribution is 4.93. The maximum absolute atomic E-state index is 3.40. The van der Waals surface area contributed by atoms with Crippen LogP contribution in [-0.2, 0) is 0 Å². The normalized spacial score (nSPS) is 42.7. The van der Waals surface area contributed by atoms with Crippen LogP contribution in [-0.4, -0.2) is 19.1 Å². The summed E-state index contributed by atoms with van der Waals surface area (Å²) in [6.45, 7) is 4.62. The van der Waals surface area contributed by atoms with Crippen molar-refractivity contribution < 1.29 is 0 Å². The molecule has 0 amide bonds. The molecule has 0 bridgehead atoms. The number of fused-ring (bicyclic) bond motifs is 1. The van der Waals surface area contributed by atoms with E-state index in [9.17, 15) is 0 Å². The van der Waals surface area contributed by atoms with Crippen LogP contribution in [0.25, 0.3) is 0 Å². The Labute approximate surface area is 56.0 Å². The predicted octanol–water partition coefficient (Wildman–Crippen LogP) is 0.120. The Bertz CT molecular complexity index is 91.1. The van der Waals surface area contributed by atoms with Gasteiger partial charge in [0.15, 0.2) is 0 Å². The van der Waals surface area contributed by atoms with Gasteiger partial charge >= 0.3 is 0 Å². The van der Waals surface area contributed by atoms with Crippen molar-refractivity contribution in [3.05, 3.63) is 6.54 Å². The third-order valence-electron chi connectivity index (χ3n) is 2.36. The molecule has 51 valence electrons. The van der Waals surface area contributed by atoms with Gasteiger partial charge in [0.1, 0.15) is 0 Å². The summed E-state index contributed by atoms with van der Waals surface area (Å²) in [5.74, 6) is 0.888. The lowest BCUT2D eigenvalue weighted by Crippen LogP contribution is -2.41. The van der Waals surface area contributed by atoms with Crippen molar-refractivity contribution in [2.24, 2.45) is 5.92 Å². The quantitative estimate of drug-likeness (QED) is 0.480. The van der Waals surface area contributed by atoms with E-state index in [1.807, 2.05) is 0 Å². The summed E-state index contributed by atoms with van der Waals surface area (Å²) in [4.78, 5) is 0. The highest BCUT2D eigenvalue weighted by Gasteiger charge is 2.28. The third kappa shape index (κ3) is 0.970. The molecule has 2 heterocycles. The number of rotatable bonds is 0. The van der Waals surface area contributed by atoms with Gasteiger partial charge in [-0.25, -0.2) is 0 Å². The fourth-order valence-corrected chi connectivity index (χ4v) is 1.76. The van der Waals surface area contributed by atoms with E-state index in [4.69, 9.17) is 0 Å². The molecule has 2 heteroatoms. The molecule has 2 unspecified atom stereocenters. The van der Waals surface area contributed by atoms with Gasteiger partial charge in [-0.2, -0.15) is 0 Å². The molecule has 2 atom stereocenters. The molecule has 2 nitrogen and oxygen atoms in total. The van der Waals surface area contributed by atoms with Gasteiger partial charge in [0.05, 0.1) is 0 Å². The second-order valence-electron chi connectivity index (χ2n) is 2.97. The fourth-order valence-electron chi connectivity index (χ4n) is 1.76. The lowest BCUT2D eigenvalue weighted by atomic mass is 9.95. The van der Waals surface area contributed by atoms with Gasteiger partial charge in [0.2, 0.25) is 0 Å². The van der Waals surface area contributed by atoms with Crippen LogP contribution in [0.5, 0.6) is 0 Å². The standard InChI is InChI=1S/C7H13N2/c1-4-9-7-2-3-8-5-6(1)7/h4,6-9H,1-3,5H2. The number of piperidine rings is 1. The molecule has 2 saturated heterocycles. The average molecular weight is 125 g/mol. The zero-order valence-electron chi connectivity index (χ0n) is 5.56. The van der Waals surface area contributed by atoms with E-state index in [0.29, 0.717) is 0 Å². The minimum Gasteiger partial charge on any atom is -0.316 e. The van der Waals surface area contributed by atoms with Crippen LogP contribution in [0.15, 0.2) is 0 Å². The molecular formula is C7H13N2. The lowest BCUT2D eigenvalue weighted by molar-refractivity contribution is 0.344. The molecular weight excluding hydrogens is 112 g/mol. The molecule has 9 heavy (non-hydrogen) atoms. The molecule has 2 N–H and O–H groups in total. The Morgan fingerprint density at radius 1 is 1.44 bits per heavy atom. The Morgan fingerprint density at radius 2 is 2.44 bits per heavy atom. The van der Waals surface area contributed by atoms with E-state index in [1.54, 1.807) is 0 Å². The second-order valence-corrected chi connectivity index (χ2v) is 2.97. The van der Waals surface area contributed by atoms with Crippen molar-refractivity contribution in [3.63, 3.8) is 0 Å². The number of nitrogens with one attached hydrogen (secondary N) is 2. The minimum atomic E-state index is 0.797. The third-order valence-corrected chi connectivity index (χ3v) is 2.36. The molecule has 0 saturated carbocycles. The van der Waals surface area contributed by atoms with Crippen LogP contribution >= 0.6 is 0 Å². The van der Waals surface area contributed by atoms with Gasteiger partial charge in [-0.3, -0.25) is 0 Å². The summed E-state index contributed by atoms with van der Waals surface area (Å²) in [7, 11) is 0. The number of hydrogen-bond donors (Lipinski definition) is 2. The van der Waals surface area contributed by atoms with Crippen LogP contribution in [0.4, 0.5) is 0 Å². The first kappa shape index (κ1) is 5.69. The van der Waals surface area contributed by atoms with Crippen molar-refractivity contribution in [1.82, 2.24) is 10.6 Å². The van der Waals surface area contributed by atoms with E-state index in [-0.39, 0.29) is 0 Å². The topological polar surface area (TPSA) is 24.1 Å². The van der Waals surface area contributed by atoms with Crippen LogP contribution in [0.1, 0.15) is 12.8 Å². The maximum Gasteiger partial charge on any atom is 0.0227 e. The van der Waals surface area contributed by atoms with Gasteiger partial charge in [-0.05, 0) is 31.8 Å². The molecule has 0 aliphatic carbocycles. The van der Waals surface area contributed by atoms with E-state index in [0.717, 1.165) is 12.0 Å². The van der Waals surface area contributed by atoms with E-state index >= 15 is 0 Å². The van der Waals surface area contributed by atoms with Gasteiger partial charge in [-0.15, -0.1) is 0 Å². The minimum absolute atomic E-state index is 0.797.